The lowest BCUT2D eigenvalue weighted by atomic mass is 10.3. The molecule has 3 heterocycles. The summed E-state index contributed by atoms with van der Waals surface area (Å²) in [7, 11) is 1.85. The van der Waals surface area contributed by atoms with Crippen LogP contribution < -0.4 is 5.32 Å². The van der Waals surface area contributed by atoms with Crippen molar-refractivity contribution in [2.75, 3.05) is 12.4 Å². The number of pyridine rings is 1. The molecule has 0 fully saturated rings. The number of hydrogen-bond acceptors (Lipinski definition) is 5. The Bertz CT molecular complexity index is 684. The summed E-state index contributed by atoms with van der Waals surface area (Å²) < 4.78 is 2.54. The molecule has 102 valence electrons. The van der Waals surface area contributed by atoms with Gasteiger partial charge in [-0.25, -0.2) is 4.98 Å². The van der Waals surface area contributed by atoms with E-state index in [-0.39, 0.29) is 5.91 Å². The molecular formula is C13H10ClN3OS2. The Labute approximate surface area is 129 Å². The van der Waals surface area contributed by atoms with Gasteiger partial charge < -0.3 is 9.62 Å². The van der Waals surface area contributed by atoms with Crippen LogP contribution in [-0.4, -0.2) is 22.2 Å². The van der Waals surface area contributed by atoms with E-state index in [2.05, 4.69) is 10.3 Å². The van der Waals surface area contributed by atoms with E-state index in [1.165, 1.54) is 23.3 Å². The first kappa shape index (κ1) is 13.5. The second kappa shape index (κ2) is 5.47. The first-order chi connectivity index (χ1) is 9.63. The summed E-state index contributed by atoms with van der Waals surface area (Å²) in [4.78, 5) is 18.4. The molecule has 2 aromatic heterocycles. The Morgan fingerprint density at radius 2 is 2.30 bits per heavy atom. The number of likely N-dealkylation sites (N-methyl/N-ethyl adjacent to an activating group) is 1. The van der Waals surface area contributed by atoms with Crippen molar-refractivity contribution in [1.29, 1.82) is 0 Å². The highest BCUT2D eigenvalue weighted by Crippen LogP contribution is 2.41. The van der Waals surface area contributed by atoms with Crippen molar-refractivity contribution >= 4 is 52.7 Å². The molecule has 0 aliphatic carbocycles. The lowest BCUT2D eigenvalue weighted by molar-refractivity contribution is -0.113. The summed E-state index contributed by atoms with van der Waals surface area (Å²) in [5, 5.41) is 2.78. The molecular weight excluding hydrogens is 314 g/mol. The van der Waals surface area contributed by atoms with Crippen molar-refractivity contribution in [3.8, 4) is 0 Å². The molecule has 1 aliphatic heterocycles. The van der Waals surface area contributed by atoms with Crippen LogP contribution in [0.15, 0.2) is 41.1 Å². The molecule has 0 saturated heterocycles. The summed E-state index contributed by atoms with van der Waals surface area (Å²) in [5.41, 5.74) is 0.576. The van der Waals surface area contributed by atoms with Crippen LogP contribution >= 0.6 is 34.9 Å². The number of thiophene rings is 1. The molecule has 0 saturated carbocycles. The monoisotopic (exact) mass is 323 g/mol. The normalized spacial score (nSPS) is 13.7. The van der Waals surface area contributed by atoms with Gasteiger partial charge >= 0.3 is 0 Å². The van der Waals surface area contributed by atoms with E-state index in [0.29, 0.717) is 11.5 Å². The van der Waals surface area contributed by atoms with Crippen molar-refractivity contribution in [1.82, 2.24) is 9.29 Å². The minimum Gasteiger partial charge on any atom is -0.310 e. The third-order valence-corrected chi connectivity index (χ3v) is 5.02. The van der Waals surface area contributed by atoms with Crippen LogP contribution in [0.5, 0.6) is 0 Å². The zero-order valence-corrected chi connectivity index (χ0v) is 12.9. The number of aromatic nitrogens is 1. The molecule has 0 unspecified atom stereocenters. The number of fused-ring (bicyclic) bond motifs is 1. The maximum atomic E-state index is 12.3. The molecule has 1 amide bonds. The number of hydrogen-bond donors (Lipinski definition) is 1. The van der Waals surface area contributed by atoms with E-state index >= 15 is 0 Å². The molecule has 0 atom stereocenters. The van der Waals surface area contributed by atoms with Crippen LogP contribution in [0.4, 0.5) is 5.82 Å². The number of anilines is 1. The zero-order chi connectivity index (χ0) is 14.1. The Kier molecular flexibility index (Phi) is 3.69. The molecule has 1 aliphatic rings. The number of carbonyl (C=O) groups excluding carboxylic acids is 1. The summed E-state index contributed by atoms with van der Waals surface area (Å²) in [6, 6.07) is 7.29. The Hall–Kier alpha value is -1.50. The molecule has 4 nitrogen and oxygen atoms in total. The first-order valence-electron chi connectivity index (χ1n) is 5.78. The number of amides is 1. The van der Waals surface area contributed by atoms with Crippen molar-refractivity contribution in [2.45, 2.75) is 4.90 Å². The van der Waals surface area contributed by atoms with Gasteiger partial charge in [0.15, 0.2) is 0 Å². The SMILES string of the molecule is CN1Sc2cc(Cl)sc2C=C1C(=O)Nc1ccccn1. The fourth-order valence-electron chi connectivity index (χ4n) is 1.77. The van der Waals surface area contributed by atoms with Gasteiger partial charge in [-0.3, -0.25) is 4.79 Å². The Morgan fingerprint density at radius 1 is 1.45 bits per heavy atom. The van der Waals surface area contributed by atoms with Crippen molar-refractivity contribution in [2.24, 2.45) is 0 Å². The van der Waals surface area contributed by atoms with Crippen LogP contribution in [0, 0.1) is 0 Å². The molecule has 0 radical (unpaired) electrons. The van der Waals surface area contributed by atoms with Crippen LogP contribution in [0.25, 0.3) is 6.08 Å². The van der Waals surface area contributed by atoms with Crippen LogP contribution in [0.2, 0.25) is 4.34 Å². The number of rotatable bonds is 2. The largest absolute Gasteiger partial charge is 0.310 e. The van der Waals surface area contributed by atoms with Gasteiger partial charge in [0.25, 0.3) is 5.91 Å². The van der Waals surface area contributed by atoms with E-state index in [4.69, 9.17) is 11.6 Å². The van der Waals surface area contributed by atoms with Gasteiger partial charge in [0.1, 0.15) is 11.5 Å². The Morgan fingerprint density at radius 3 is 3.05 bits per heavy atom. The van der Waals surface area contributed by atoms with Gasteiger partial charge in [0, 0.05) is 23.0 Å². The fourth-order valence-corrected chi connectivity index (χ4v) is 4.07. The smallest absolute Gasteiger partial charge is 0.274 e. The van der Waals surface area contributed by atoms with Gasteiger partial charge in [0.05, 0.1) is 4.34 Å². The quantitative estimate of drug-likeness (QED) is 0.855. The summed E-state index contributed by atoms with van der Waals surface area (Å²) in [6.07, 6.45) is 3.49. The van der Waals surface area contributed by atoms with E-state index in [0.717, 1.165) is 14.1 Å². The summed E-state index contributed by atoms with van der Waals surface area (Å²) >= 11 is 8.96. The van der Waals surface area contributed by atoms with Gasteiger partial charge in [-0.1, -0.05) is 17.7 Å². The molecule has 0 spiro atoms. The van der Waals surface area contributed by atoms with Crippen LogP contribution in [-0.2, 0) is 4.79 Å². The van der Waals surface area contributed by atoms with Crippen LogP contribution in [0.1, 0.15) is 4.88 Å². The van der Waals surface area contributed by atoms with Gasteiger partial charge in [-0.05, 0) is 36.2 Å². The number of nitrogens with zero attached hydrogens (tertiary/aromatic N) is 2. The average Bonchev–Trinajstić information content (AvgIpc) is 2.78. The van der Waals surface area contributed by atoms with Gasteiger partial charge in [0.2, 0.25) is 0 Å². The van der Waals surface area contributed by atoms with E-state index in [1.54, 1.807) is 18.3 Å². The van der Waals surface area contributed by atoms with Gasteiger partial charge in [-0.15, -0.1) is 11.3 Å². The van der Waals surface area contributed by atoms with Crippen molar-refractivity contribution < 1.29 is 4.79 Å². The van der Waals surface area contributed by atoms with Crippen molar-refractivity contribution in [3.05, 3.63) is 45.4 Å². The molecule has 2 aromatic rings. The highest BCUT2D eigenvalue weighted by Gasteiger charge is 2.23. The second-order valence-corrected chi connectivity index (χ2v) is 6.95. The number of carbonyl (C=O) groups is 1. The van der Waals surface area contributed by atoms with Crippen LogP contribution in [0.3, 0.4) is 0 Å². The number of nitrogens with one attached hydrogen (secondary N) is 1. The third-order valence-electron chi connectivity index (χ3n) is 2.68. The molecule has 7 heteroatoms. The predicted molar refractivity (Wildman–Crippen MR) is 83.8 cm³/mol. The molecule has 0 bridgehead atoms. The maximum absolute atomic E-state index is 12.3. The first-order valence-corrected chi connectivity index (χ1v) is 7.75. The fraction of sp³-hybridized carbons (Fsp3) is 0.0769. The Balaban J connectivity index is 1.86. The topological polar surface area (TPSA) is 45.2 Å². The molecule has 1 N–H and O–H groups in total. The van der Waals surface area contributed by atoms with E-state index < -0.39 is 0 Å². The standard InChI is InChI=1S/C13H10ClN3OS2/c1-17-8(6-9-10(20-17)7-11(14)19-9)13(18)16-12-4-2-3-5-15-12/h2-7H,1H3,(H,15,16,18). The van der Waals surface area contributed by atoms with E-state index in [9.17, 15) is 4.79 Å². The summed E-state index contributed by atoms with van der Waals surface area (Å²) in [5.74, 6) is 0.348. The average molecular weight is 324 g/mol. The van der Waals surface area contributed by atoms with Gasteiger partial charge in [-0.2, -0.15) is 0 Å². The van der Waals surface area contributed by atoms with E-state index in [1.807, 2.05) is 29.6 Å². The molecule has 3 rings (SSSR count). The number of halogens is 1. The minimum atomic E-state index is -0.186. The summed E-state index contributed by atoms with van der Waals surface area (Å²) in [6.45, 7) is 0. The second-order valence-electron chi connectivity index (χ2n) is 4.07. The molecule has 20 heavy (non-hydrogen) atoms. The zero-order valence-electron chi connectivity index (χ0n) is 10.5. The maximum Gasteiger partial charge on any atom is 0.274 e. The highest BCUT2D eigenvalue weighted by atomic mass is 35.5. The lowest BCUT2D eigenvalue weighted by Crippen LogP contribution is -2.25. The lowest BCUT2D eigenvalue weighted by Gasteiger charge is -2.23. The minimum absolute atomic E-state index is 0.186. The molecule has 0 aromatic carbocycles. The third kappa shape index (κ3) is 2.67. The van der Waals surface area contributed by atoms with Crippen molar-refractivity contribution in [3.63, 3.8) is 0 Å². The predicted octanol–water partition coefficient (Wildman–Crippen LogP) is 3.73. The highest BCUT2D eigenvalue weighted by molar-refractivity contribution is 7.97.